The number of hydrogen-bond donors (Lipinski definition) is 1. The van der Waals surface area contributed by atoms with Crippen LogP contribution in [-0.2, 0) is 4.74 Å². The lowest BCUT2D eigenvalue weighted by molar-refractivity contribution is 0.0594. The number of fused-ring (bicyclic) bond motifs is 1. The Labute approximate surface area is 150 Å². The van der Waals surface area contributed by atoms with Gasteiger partial charge in [0.1, 0.15) is 0 Å². The van der Waals surface area contributed by atoms with Crippen LogP contribution in [0.1, 0.15) is 42.6 Å². The van der Waals surface area contributed by atoms with Gasteiger partial charge in [-0.15, -0.1) is 0 Å². The molecule has 126 valence electrons. The van der Waals surface area contributed by atoms with Crippen molar-refractivity contribution in [3.05, 3.63) is 46.1 Å². The van der Waals surface area contributed by atoms with Gasteiger partial charge in [-0.25, -0.2) is 9.78 Å². The Morgan fingerprint density at radius 3 is 2.96 bits per heavy atom. The number of pyridine rings is 1. The molecule has 0 unspecified atom stereocenters. The van der Waals surface area contributed by atoms with E-state index in [1.165, 1.54) is 38.4 Å². The Morgan fingerprint density at radius 1 is 1.33 bits per heavy atom. The van der Waals surface area contributed by atoms with Crippen LogP contribution >= 0.6 is 15.9 Å². The number of carbonyl (C=O) groups excluding carboxylic acids is 1. The number of esters is 1. The van der Waals surface area contributed by atoms with Crippen molar-refractivity contribution in [2.24, 2.45) is 0 Å². The van der Waals surface area contributed by atoms with Gasteiger partial charge in [0, 0.05) is 22.1 Å². The van der Waals surface area contributed by atoms with Crippen LogP contribution in [0, 0.1) is 0 Å². The highest BCUT2D eigenvalue weighted by Gasteiger charge is 2.13. The van der Waals surface area contributed by atoms with Gasteiger partial charge in [-0.2, -0.15) is 0 Å². The number of hydrogen-bond acceptors (Lipinski definition) is 4. The number of anilines is 1. The number of allylic oxidation sites excluding steroid dienone is 1. The predicted molar refractivity (Wildman–Crippen MR) is 100 cm³/mol. The van der Waals surface area contributed by atoms with E-state index in [9.17, 15) is 4.79 Å². The highest BCUT2D eigenvalue weighted by Crippen LogP contribution is 2.27. The van der Waals surface area contributed by atoms with Gasteiger partial charge in [0.25, 0.3) is 0 Å². The van der Waals surface area contributed by atoms with Crippen LogP contribution in [0.15, 0.2) is 40.4 Å². The number of aromatic nitrogens is 1. The van der Waals surface area contributed by atoms with Crippen LogP contribution in [0.25, 0.3) is 10.9 Å². The molecule has 0 bridgehead atoms. The number of nitrogens with zero attached hydrogens (tertiary/aromatic N) is 1. The van der Waals surface area contributed by atoms with Gasteiger partial charge >= 0.3 is 5.97 Å². The molecule has 0 spiro atoms. The molecule has 3 rings (SSSR count). The van der Waals surface area contributed by atoms with Crippen LogP contribution in [0.4, 0.5) is 5.69 Å². The van der Waals surface area contributed by atoms with Crippen LogP contribution in [0.2, 0.25) is 0 Å². The van der Waals surface area contributed by atoms with Crippen LogP contribution in [0.3, 0.4) is 0 Å². The van der Waals surface area contributed by atoms with Crippen molar-refractivity contribution in [2.75, 3.05) is 19.0 Å². The van der Waals surface area contributed by atoms with Crippen molar-refractivity contribution < 1.29 is 9.53 Å². The van der Waals surface area contributed by atoms with Crippen molar-refractivity contribution in [3.8, 4) is 0 Å². The molecule has 1 aromatic carbocycles. The van der Waals surface area contributed by atoms with E-state index in [0.717, 1.165) is 34.0 Å². The van der Waals surface area contributed by atoms with E-state index in [1.54, 1.807) is 6.07 Å². The van der Waals surface area contributed by atoms with Crippen molar-refractivity contribution >= 4 is 38.5 Å². The van der Waals surface area contributed by atoms with E-state index >= 15 is 0 Å². The highest BCUT2D eigenvalue weighted by atomic mass is 79.9. The number of methoxy groups -OCH3 is 1. The quantitative estimate of drug-likeness (QED) is 0.572. The Balaban J connectivity index is 1.84. The predicted octanol–water partition coefficient (Wildman–Crippen LogP) is 5.09. The lowest BCUT2D eigenvalue weighted by Gasteiger charge is -2.15. The molecule has 1 heterocycles. The Morgan fingerprint density at radius 2 is 2.21 bits per heavy atom. The Hall–Kier alpha value is -1.88. The van der Waals surface area contributed by atoms with Crippen molar-refractivity contribution in [2.45, 2.75) is 32.1 Å². The maximum Gasteiger partial charge on any atom is 0.356 e. The molecule has 0 radical (unpaired) electrons. The second-order valence-corrected chi connectivity index (χ2v) is 6.91. The molecule has 0 atom stereocenters. The number of carbonyl (C=O) groups is 1. The molecule has 4 nitrogen and oxygen atoms in total. The van der Waals surface area contributed by atoms with E-state index in [4.69, 9.17) is 4.74 Å². The topological polar surface area (TPSA) is 51.2 Å². The number of halogens is 1. The van der Waals surface area contributed by atoms with Crippen LogP contribution < -0.4 is 5.32 Å². The number of rotatable bonds is 5. The summed E-state index contributed by atoms with van der Waals surface area (Å²) in [5.74, 6) is -0.419. The minimum Gasteiger partial charge on any atom is -0.464 e. The summed E-state index contributed by atoms with van der Waals surface area (Å²) in [7, 11) is 1.37. The maximum atomic E-state index is 11.9. The molecule has 0 fully saturated rings. The van der Waals surface area contributed by atoms with E-state index in [-0.39, 0.29) is 0 Å². The van der Waals surface area contributed by atoms with E-state index in [0.29, 0.717) is 5.69 Å². The van der Waals surface area contributed by atoms with Gasteiger partial charge in [0.2, 0.25) is 0 Å². The van der Waals surface area contributed by atoms with Gasteiger partial charge in [-0.3, -0.25) is 0 Å². The first kappa shape index (κ1) is 17.0. The molecule has 1 N–H and O–H groups in total. The molecular formula is C19H21BrN2O2. The lowest BCUT2D eigenvalue weighted by Crippen LogP contribution is -2.09. The molecule has 1 aromatic heterocycles. The number of benzene rings is 1. The van der Waals surface area contributed by atoms with Gasteiger partial charge in [-0.1, -0.05) is 27.6 Å². The van der Waals surface area contributed by atoms with Gasteiger partial charge in [-0.05, 0) is 56.4 Å². The fourth-order valence-electron chi connectivity index (χ4n) is 3.04. The van der Waals surface area contributed by atoms with E-state index in [1.807, 2.05) is 18.2 Å². The number of nitrogens with one attached hydrogen (secondary N) is 1. The average molecular weight is 389 g/mol. The van der Waals surface area contributed by atoms with Crippen LogP contribution in [-0.4, -0.2) is 24.6 Å². The Bertz CT molecular complexity index is 786. The molecule has 24 heavy (non-hydrogen) atoms. The van der Waals surface area contributed by atoms with Gasteiger partial charge in [0.05, 0.1) is 12.6 Å². The normalized spacial score (nSPS) is 14.3. The zero-order valence-corrected chi connectivity index (χ0v) is 15.4. The third kappa shape index (κ3) is 3.96. The minimum atomic E-state index is -0.419. The standard InChI is InChI=1S/C19H21BrN2O2/c1-24-19(23)18-12-17(15-11-14(20)7-8-16(15)22-18)21-10-9-13-5-3-2-4-6-13/h5,7-8,11-12H,2-4,6,9-10H2,1H3,(H,21,22). The van der Waals surface area contributed by atoms with Crippen molar-refractivity contribution in [1.29, 1.82) is 0 Å². The minimum absolute atomic E-state index is 0.326. The molecule has 0 aliphatic heterocycles. The number of ether oxygens (including phenoxy) is 1. The van der Waals surface area contributed by atoms with Crippen LogP contribution in [0.5, 0.6) is 0 Å². The largest absolute Gasteiger partial charge is 0.464 e. The summed E-state index contributed by atoms with van der Waals surface area (Å²) in [6, 6.07) is 7.62. The van der Waals surface area contributed by atoms with E-state index < -0.39 is 5.97 Å². The zero-order valence-electron chi connectivity index (χ0n) is 13.8. The first-order valence-electron chi connectivity index (χ1n) is 8.28. The summed E-state index contributed by atoms with van der Waals surface area (Å²) in [5.41, 5.74) is 3.55. The van der Waals surface area contributed by atoms with Crippen molar-refractivity contribution in [1.82, 2.24) is 4.98 Å². The molecular weight excluding hydrogens is 368 g/mol. The molecule has 2 aromatic rings. The molecule has 0 saturated heterocycles. The summed E-state index contributed by atoms with van der Waals surface area (Å²) < 4.78 is 5.80. The Kier molecular flexibility index (Phi) is 5.51. The third-order valence-corrected chi connectivity index (χ3v) is 4.81. The first-order valence-corrected chi connectivity index (χ1v) is 9.07. The summed E-state index contributed by atoms with van der Waals surface area (Å²) in [4.78, 5) is 16.3. The molecule has 0 saturated carbocycles. The molecule has 1 aliphatic rings. The molecule has 1 aliphatic carbocycles. The second-order valence-electron chi connectivity index (χ2n) is 5.99. The second kappa shape index (κ2) is 7.79. The fourth-order valence-corrected chi connectivity index (χ4v) is 3.40. The fraction of sp³-hybridized carbons (Fsp3) is 0.368. The van der Waals surface area contributed by atoms with Crippen molar-refractivity contribution in [3.63, 3.8) is 0 Å². The molecule has 5 heteroatoms. The zero-order chi connectivity index (χ0) is 16.9. The van der Waals surface area contributed by atoms with Gasteiger partial charge < -0.3 is 10.1 Å². The van der Waals surface area contributed by atoms with Gasteiger partial charge in [0.15, 0.2) is 5.69 Å². The maximum absolute atomic E-state index is 11.9. The third-order valence-electron chi connectivity index (χ3n) is 4.31. The monoisotopic (exact) mass is 388 g/mol. The summed E-state index contributed by atoms with van der Waals surface area (Å²) in [6.45, 7) is 0.845. The summed E-state index contributed by atoms with van der Waals surface area (Å²) >= 11 is 3.50. The molecule has 0 amide bonds. The first-order chi connectivity index (χ1) is 11.7. The van der Waals surface area contributed by atoms with E-state index in [2.05, 4.69) is 32.3 Å². The smallest absolute Gasteiger partial charge is 0.356 e. The summed E-state index contributed by atoms with van der Waals surface area (Å²) in [6.07, 6.45) is 8.41. The average Bonchev–Trinajstić information content (AvgIpc) is 2.62. The summed E-state index contributed by atoms with van der Waals surface area (Å²) in [5, 5.41) is 4.47. The SMILES string of the molecule is COC(=O)c1cc(NCCC2=CCCCC2)c2cc(Br)ccc2n1. The highest BCUT2D eigenvalue weighted by molar-refractivity contribution is 9.10. The lowest BCUT2D eigenvalue weighted by atomic mass is 9.97.